The number of hydrogen-bond donors (Lipinski definition) is 1. The molecule has 0 aliphatic heterocycles. The predicted octanol–water partition coefficient (Wildman–Crippen LogP) is 2.91. The average Bonchev–Trinajstić information content (AvgIpc) is 1.96. The Hall–Kier alpha value is -0.730. The summed E-state index contributed by atoms with van der Waals surface area (Å²) in [6, 6.07) is 2.02. The summed E-state index contributed by atoms with van der Waals surface area (Å²) >= 11 is 1.66. The number of halogens is 5. The lowest BCUT2D eigenvalue weighted by Crippen LogP contribution is -2.18. The van der Waals surface area contributed by atoms with Gasteiger partial charge >= 0.3 is 6.36 Å². The normalized spacial score (nSPS) is 11.5. The topological polar surface area (TPSA) is 35.2 Å². The average molecular weight is 321 g/mol. The zero-order valence-electron chi connectivity index (χ0n) is 6.53. The zero-order chi connectivity index (χ0) is 10.9. The van der Waals surface area contributed by atoms with Gasteiger partial charge in [0.25, 0.3) is 0 Å². The Morgan fingerprint density at radius 2 is 1.86 bits per heavy atom. The molecule has 1 aromatic carbocycles. The van der Waals surface area contributed by atoms with Gasteiger partial charge in [-0.05, 0) is 34.7 Å². The van der Waals surface area contributed by atoms with Crippen molar-refractivity contribution in [2.24, 2.45) is 0 Å². The van der Waals surface area contributed by atoms with Crippen LogP contribution in [0, 0.1) is 9.39 Å². The molecule has 0 unspecified atom stereocenters. The first-order valence-corrected chi connectivity index (χ1v) is 4.38. The van der Waals surface area contributed by atoms with E-state index in [0.29, 0.717) is 0 Å². The van der Waals surface area contributed by atoms with Crippen molar-refractivity contribution in [3.8, 4) is 5.75 Å². The molecule has 1 rings (SSSR count). The van der Waals surface area contributed by atoms with Crippen LogP contribution in [-0.2, 0) is 0 Å². The highest BCUT2D eigenvalue weighted by molar-refractivity contribution is 14.1. The van der Waals surface area contributed by atoms with E-state index < -0.39 is 23.6 Å². The van der Waals surface area contributed by atoms with Gasteiger partial charge in [-0.3, -0.25) is 0 Å². The van der Waals surface area contributed by atoms with E-state index in [-0.39, 0.29) is 3.57 Å². The van der Waals surface area contributed by atoms with Crippen molar-refractivity contribution in [3.05, 3.63) is 21.5 Å². The van der Waals surface area contributed by atoms with Gasteiger partial charge in [-0.25, -0.2) is 4.39 Å². The van der Waals surface area contributed by atoms with Crippen LogP contribution in [0.3, 0.4) is 0 Å². The molecule has 0 bridgehead atoms. The van der Waals surface area contributed by atoms with Crippen LogP contribution in [0.5, 0.6) is 5.75 Å². The summed E-state index contributed by atoms with van der Waals surface area (Å²) in [4.78, 5) is 0. The van der Waals surface area contributed by atoms with Crippen LogP contribution in [0.15, 0.2) is 12.1 Å². The van der Waals surface area contributed by atoms with Crippen molar-refractivity contribution in [2.75, 3.05) is 5.73 Å². The number of benzene rings is 1. The van der Waals surface area contributed by atoms with Gasteiger partial charge in [0, 0.05) is 3.57 Å². The molecule has 0 spiro atoms. The molecule has 7 heteroatoms. The van der Waals surface area contributed by atoms with Gasteiger partial charge in [0.1, 0.15) is 5.69 Å². The van der Waals surface area contributed by atoms with Crippen LogP contribution in [0.1, 0.15) is 0 Å². The molecule has 14 heavy (non-hydrogen) atoms. The van der Waals surface area contributed by atoms with Crippen molar-refractivity contribution < 1.29 is 22.3 Å². The SMILES string of the molecule is Nc1c(F)cc(I)cc1OC(F)(F)F. The minimum Gasteiger partial charge on any atom is -0.403 e. The minimum absolute atomic E-state index is 0.272. The van der Waals surface area contributed by atoms with Crippen LogP contribution in [-0.4, -0.2) is 6.36 Å². The molecular formula is C7H4F4INO. The van der Waals surface area contributed by atoms with Crippen molar-refractivity contribution in [3.63, 3.8) is 0 Å². The Balaban J connectivity index is 3.09. The number of rotatable bonds is 1. The van der Waals surface area contributed by atoms with Gasteiger partial charge in [-0.2, -0.15) is 0 Å². The quantitative estimate of drug-likeness (QED) is 0.490. The van der Waals surface area contributed by atoms with E-state index in [1.807, 2.05) is 0 Å². The summed E-state index contributed by atoms with van der Waals surface area (Å²) in [5.41, 5.74) is 4.41. The third-order valence-electron chi connectivity index (χ3n) is 1.28. The van der Waals surface area contributed by atoms with E-state index in [4.69, 9.17) is 5.73 Å². The van der Waals surface area contributed by atoms with Crippen molar-refractivity contribution in [1.82, 2.24) is 0 Å². The standard InChI is InChI=1S/C7H4F4INO/c8-4-1-3(12)2-5(6(4)13)14-7(9,10)11/h1-2H,13H2. The molecule has 0 radical (unpaired) electrons. The molecule has 0 aliphatic carbocycles. The lowest BCUT2D eigenvalue weighted by molar-refractivity contribution is -0.274. The highest BCUT2D eigenvalue weighted by Gasteiger charge is 2.32. The largest absolute Gasteiger partial charge is 0.573 e. The fourth-order valence-corrected chi connectivity index (χ4v) is 1.33. The highest BCUT2D eigenvalue weighted by Crippen LogP contribution is 2.31. The fourth-order valence-electron chi connectivity index (χ4n) is 0.770. The Labute approximate surface area is 90.2 Å². The molecule has 0 aliphatic rings. The first-order valence-electron chi connectivity index (χ1n) is 3.30. The summed E-state index contributed by atoms with van der Waals surface area (Å²) in [6.45, 7) is 0. The van der Waals surface area contributed by atoms with E-state index in [2.05, 4.69) is 4.74 Å². The van der Waals surface area contributed by atoms with E-state index in [1.54, 1.807) is 22.6 Å². The van der Waals surface area contributed by atoms with Crippen molar-refractivity contribution >= 4 is 28.3 Å². The van der Waals surface area contributed by atoms with Gasteiger partial charge < -0.3 is 10.5 Å². The molecule has 2 N–H and O–H groups in total. The molecule has 0 aromatic heterocycles. The maximum absolute atomic E-state index is 12.8. The lowest BCUT2D eigenvalue weighted by atomic mass is 10.3. The lowest BCUT2D eigenvalue weighted by Gasteiger charge is -2.11. The van der Waals surface area contributed by atoms with Gasteiger partial charge in [0.05, 0.1) is 0 Å². The number of nitrogens with two attached hydrogens (primary N) is 1. The third kappa shape index (κ3) is 2.89. The number of alkyl halides is 3. The van der Waals surface area contributed by atoms with Crippen molar-refractivity contribution in [1.29, 1.82) is 0 Å². The summed E-state index contributed by atoms with van der Waals surface area (Å²) in [6.07, 6.45) is -4.87. The van der Waals surface area contributed by atoms with Crippen LogP contribution in [0.2, 0.25) is 0 Å². The molecule has 1 aromatic rings. The number of ether oxygens (including phenoxy) is 1. The highest BCUT2D eigenvalue weighted by atomic mass is 127. The minimum atomic E-state index is -4.87. The summed E-state index contributed by atoms with van der Waals surface area (Å²) < 4.78 is 52.0. The van der Waals surface area contributed by atoms with Crippen LogP contribution < -0.4 is 10.5 Å². The maximum Gasteiger partial charge on any atom is 0.573 e. The molecular weight excluding hydrogens is 317 g/mol. The smallest absolute Gasteiger partial charge is 0.403 e. The van der Waals surface area contributed by atoms with Gasteiger partial charge in [0.15, 0.2) is 11.6 Å². The van der Waals surface area contributed by atoms with E-state index in [9.17, 15) is 17.6 Å². The van der Waals surface area contributed by atoms with Crippen LogP contribution in [0.4, 0.5) is 23.2 Å². The number of anilines is 1. The molecule has 2 nitrogen and oxygen atoms in total. The third-order valence-corrected chi connectivity index (χ3v) is 1.90. The summed E-state index contributed by atoms with van der Waals surface area (Å²) in [5, 5.41) is 0. The second kappa shape index (κ2) is 3.79. The van der Waals surface area contributed by atoms with Gasteiger partial charge in [0.2, 0.25) is 0 Å². The molecule has 0 amide bonds. The second-order valence-electron chi connectivity index (χ2n) is 2.35. The molecule has 0 fully saturated rings. The molecule has 78 valence electrons. The molecule has 0 atom stereocenters. The Bertz CT molecular complexity index is 352. The zero-order valence-corrected chi connectivity index (χ0v) is 8.69. The van der Waals surface area contributed by atoms with Crippen LogP contribution >= 0.6 is 22.6 Å². The Kier molecular flexibility index (Phi) is 3.07. The van der Waals surface area contributed by atoms with Crippen LogP contribution in [0.25, 0.3) is 0 Å². The first kappa shape index (κ1) is 11.3. The Morgan fingerprint density at radius 1 is 1.29 bits per heavy atom. The number of hydrogen-bond acceptors (Lipinski definition) is 2. The Morgan fingerprint density at radius 3 is 2.36 bits per heavy atom. The van der Waals surface area contributed by atoms with E-state index in [1.165, 1.54) is 0 Å². The molecule has 0 saturated carbocycles. The number of nitrogen functional groups attached to an aromatic ring is 1. The maximum atomic E-state index is 12.8. The van der Waals surface area contributed by atoms with E-state index in [0.717, 1.165) is 12.1 Å². The summed E-state index contributed by atoms with van der Waals surface area (Å²) in [7, 11) is 0. The second-order valence-corrected chi connectivity index (χ2v) is 3.59. The predicted molar refractivity (Wildman–Crippen MR) is 50.2 cm³/mol. The van der Waals surface area contributed by atoms with Gasteiger partial charge in [-0.15, -0.1) is 13.2 Å². The van der Waals surface area contributed by atoms with Crippen molar-refractivity contribution in [2.45, 2.75) is 6.36 Å². The molecule has 0 saturated heterocycles. The summed E-state index contributed by atoms with van der Waals surface area (Å²) in [5.74, 6) is -1.65. The van der Waals surface area contributed by atoms with Gasteiger partial charge in [-0.1, -0.05) is 0 Å². The monoisotopic (exact) mass is 321 g/mol. The first-order chi connectivity index (χ1) is 6.29. The molecule has 0 heterocycles. The fraction of sp³-hybridized carbons (Fsp3) is 0.143. The van der Waals surface area contributed by atoms with E-state index >= 15 is 0 Å².